The number of methoxy groups -OCH3 is 2. The molecular formula is C23H27N3O2. The van der Waals surface area contributed by atoms with E-state index in [1.807, 2.05) is 12.1 Å². The number of para-hydroxylation sites is 1. The molecule has 0 amide bonds. The summed E-state index contributed by atoms with van der Waals surface area (Å²) in [6.07, 6.45) is 1.08. The van der Waals surface area contributed by atoms with Crippen LogP contribution in [-0.4, -0.2) is 35.4 Å². The third kappa shape index (κ3) is 3.76. The number of fused-ring (bicyclic) bond motifs is 1. The molecule has 0 atom stereocenters. The normalized spacial score (nSPS) is 14.4. The highest BCUT2D eigenvalue weighted by Crippen LogP contribution is 2.32. The summed E-state index contributed by atoms with van der Waals surface area (Å²) in [4.78, 5) is 2.46. The predicted octanol–water partition coefficient (Wildman–Crippen LogP) is 4.28. The third-order valence-electron chi connectivity index (χ3n) is 5.29. The Hall–Kier alpha value is -2.79. The first-order valence-corrected chi connectivity index (χ1v) is 9.74. The van der Waals surface area contributed by atoms with E-state index in [1.54, 1.807) is 14.2 Å². The highest BCUT2D eigenvalue weighted by molar-refractivity contribution is 5.60. The van der Waals surface area contributed by atoms with Gasteiger partial charge < -0.3 is 9.47 Å². The molecule has 0 saturated heterocycles. The number of ether oxygens (including phenoxy) is 2. The average Bonchev–Trinajstić information content (AvgIpc) is 3.01. The van der Waals surface area contributed by atoms with Crippen molar-refractivity contribution in [1.82, 2.24) is 14.7 Å². The summed E-state index contributed by atoms with van der Waals surface area (Å²) in [5, 5.41) is 4.87. The molecule has 1 aliphatic rings. The molecule has 1 aliphatic heterocycles. The number of benzene rings is 2. The highest BCUT2D eigenvalue weighted by Gasteiger charge is 2.19. The first kappa shape index (κ1) is 18.6. The van der Waals surface area contributed by atoms with E-state index in [0.29, 0.717) is 0 Å². The quantitative estimate of drug-likeness (QED) is 0.665. The summed E-state index contributed by atoms with van der Waals surface area (Å²) < 4.78 is 13.2. The lowest BCUT2D eigenvalue weighted by molar-refractivity contribution is 0.254. The Balaban J connectivity index is 1.57. The number of hydrogen-bond acceptors (Lipinski definition) is 4. The summed E-state index contributed by atoms with van der Waals surface area (Å²) in [7, 11) is 3.38. The number of hydrogen-bond donors (Lipinski definition) is 0. The number of nitrogens with zero attached hydrogens (tertiary/aromatic N) is 3. The zero-order chi connectivity index (χ0) is 19.5. The van der Waals surface area contributed by atoms with E-state index >= 15 is 0 Å². The topological polar surface area (TPSA) is 39.5 Å². The molecule has 0 unspecified atom stereocenters. The molecule has 3 aromatic rings. The molecule has 0 spiro atoms. The number of rotatable bonds is 5. The van der Waals surface area contributed by atoms with Crippen molar-refractivity contribution in [2.24, 2.45) is 0 Å². The van der Waals surface area contributed by atoms with Crippen molar-refractivity contribution in [2.75, 3.05) is 20.8 Å². The Kier molecular flexibility index (Phi) is 5.35. The molecule has 0 fully saturated rings. The second-order valence-electron chi connectivity index (χ2n) is 7.33. The van der Waals surface area contributed by atoms with Crippen LogP contribution in [0.2, 0.25) is 0 Å². The van der Waals surface area contributed by atoms with Crippen LogP contribution in [0.1, 0.15) is 23.2 Å². The lowest BCUT2D eigenvalue weighted by Crippen LogP contribution is -2.23. The largest absolute Gasteiger partial charge is 0.493 e. The molecular weight excluding hydrogens is 350 g/mol. The van der Waals surface area contributed by atoms with E-state index < -0.39 is 0 Å². The van der Waals surface area contributed by atoms with E-state index in [4.69, 9.17) is 14.6 Å². The van der Waals surface area contributed by atoms with Gasteiger partial charge in [-0.05, 0) is 31.5 Å². The molecule has 5 nitrogen and oxygen atoms in total. The fourth-order valence-electron chi connectivity index (χ4n) is 3.93. The van der Waals surface area contributed by atoms with Gasteiger partial charge in [-0.3, -0.25) is 9.58 Å². The Bertz CT molecular complexity index is 964. The molecule has 0 aliphatic carbocycles. The highest BCUT2D eigenvalue weighted by atomic mass is 16.5. The summed E-state index contributed by atoms with van der Waals surface area (Å²) in [5.74, 6) is 1.60. The fraction of sp³-hybridized carbons (Fsp3) is 0.348. The zero-order valence-electron chi connectivity index (χ0n) is 16.8. The summed E-state index contributed by atoms with van der Waals surface area (Å²) in [6.45, 7) is 5.80. The van der Waals surface area contributed by atoms with E-state index in [0.717, 1.165) is 55.4 Å². The van der Waals surface area contributed by atoms with Crippen LogP contribution in [0.3, 0.4) is 0 Å². The molecule has 2 aromatic carbocycles. The average molecular weight is 377 g/mol. The maximum atomic E-state index is 5.61. The van der Waals surface area contributed by atoms with Gasteiger partial charge in [0.25, 0.3) is 0 Å². The minimum Gasteiger partial charge on any atom is -0.493 e. The smallest absolute Gasteiger partial charge is 0.165 e. The Labute approximate surface area is 166 Å². The zero-order valence-corrected chi connectivity index (χ0v) is 16.8. The van der Waals surface area contributed by atoms with Crippen LogP contribution in [0.25, 0.3) is 11.3 Å². The van der Waals surface area contributed by atoms with Gasteiger partial charge in [-0.1, -0.05) is 35.9 Å². The van der Waals surface area contributed by atoms with Gasteiger partial charge in [0, 0.05) is 37.3 Å². The molecule has 1 aromatic heterocycles. The lowest BCUT2D eigenvalue weighted by Gasteiger charge is -2.21. The molecule has 0 bridgehead atoms. The minimum absolute atomic E-state index is 0.779. The molecule has 0 N–H and O–H groups in total. The van der Waals surface area contributed by atoms with Crippen LogP contribution in [0.5, 0.6) is 11.5 Å². The molecule has 0 radical (unpaired) electrons. The van der Waals surface area contributed by atoms with Crippen LogP contribution in [0.15, 0.2) is 48.5 Å². The first-order valence-electron chi connectivity index (χ1n) is 9.74. The van der Waals surface area contributed by atoms with Crippen molar-refractivity contribution in [3.8, 4) is 22.8 Å². The van der Waals surface area contributed by atoms with Gasteiger partial charge in [0.1, 0.15) is 0 Å². The number of aryl methyl sites for hydroxylation is 2. The van der Waals surface area contributed by atoms with Gasteiger partial charge in [-0.15, -0.1) is 0 Å². The second kappa shape index (κ2) is 8.07. The molecule has 146 valence electrons. The van der Waals surface area contributed by atoms with Gasteiger partial charge in [-0.2, -0.15) is 5.10 Å². The Morgan fingerprint density at radius 1 is 1.00 bits per heavy atom. The standard InChI is InChI=1S/C23H27N3O2/c1-17-7-4-8-18(13-17)21-14-20-16-25(11-6-12-26(20)24-21)15-19-9-5-10-22(27-2)23(19)28-3/h4-5,7-10,13-14H,6,11-12,15-16H2,1-3H3. The summed E-state index contributed by atoms with van der Waals surface area (Å²) in [6, 6.07) is 16.8. The van der Waals surface area contributed by atoms with Crippen molar-refractivity contribution in [1.29, 1.82) is 0 Å². The molecule has 0 saturated carbocycles. The van der Waals surface area contributed by atoms with E-state index in [-0.39, 0.29) is 0 Å². The van der Waals surface area contributed by atoms with Crippen LogP contribution in [0, 0.1) is 6.92 Å². The molecule has 4 rings (SSSR count). The number of aromatic nitrogens is 2. The lowest BCUT2D eigenvalue weighted by atomic mass is 10.1. The van der Waals surface area contributed by atoms with Crippen LogP contribution < -0.4 is 9.47 Å². The van der Waals surface area contributed by atoms with Crippen molar-refractivity contribution >= 4 is 0 Å². The maximum absolute atomic E-state index is 5.61. The monoisotopic (exact) mass is 377 g/mol. The second-order valence-corrected chi connectivity index (χ2v) is 7.33. The van der Waals surface area contributed by atoms with E-state index in [1.165, 1.54) is 16.8 Å². The maximum Gasteiger partial charge on any atom is 0.165 e. The van der Waals surface area contributed by atoms with Crippen LogP contribution in [0.4, 0.5) is 0 Å². The third-order valence-corrected chi connectivity index (χ3v) is 5.29. The fourth-order valence-corrected chi connectivity index (χ4v) is 3.93. The predicted molar refractivity (Wildman–Crippen MR) is 111 cm³/mol. The minimum atomic E-state index is 0.779. The molecule has 28 heavy (non-hydrogen) atoms. The molecule has 5 heteroatoms. The van der Waals surface area contributed by atoms with Gasteiger partial charge in [0.05, 0.1) is 25.6 Å². The van der Waals surface area contributed by atoms with Crippen molar-refractivity contribution in [3.05, 3.63) is 65.4 Å². The van der Waals surface area contributed by atoms with Crippen molar-refractivity contribution < 1.29 is 9.47 Å². The summed E-state index contributed by atoms with van der Waals surface area (Å²) >= 11 is 0. The van der Waals surface area contributed by atoms with Gasteiger partial charge >= 0.3 is 0 Å². The van der Waals surface area contributed by atoms with E-state index in [2.05, 4.69) is 52.9 Å². The Morgan fingerprint density at radius 3 is 2.64 bits per heavy atom. The van der Waals surface area contributed by atoms with Crippen molar-refractivity contribution in [3.63, 3.8) is 0 Å². The van der Waals surface area contributed by atoms with Crippen LogP contribution >= 0.6 is 0 Å². The van der Waals surface area contributed by atoms with Gasteiger partial charge in [0.2, 0.25) is 0 Å². The first-order chi connectivity index (χ1) is 13.7. The van der Waals surface area contributed by atoms with Gasteiger partial charge in [-0.25, -0.2) is 0 Å². The van der Waals surface area contributed by atoms with Crippen LogP contribution in [-0.2, 0) is 19.6 Å². The van der Waals surface area contributed by atoms with Crippen molar-refractivity contribution in [2.45, 2.75) is 33.0 Å². The summed E-state index contributed by atoms with van der Waals surface area (Å²) in [5.41, 5.74) is 5.90. The van der Waals surface area contributed by atoms with Gasteiger partial charge in [0.15, 0.2) is 11.5 Å². The Morgan fingerprint density at radius 2 is 1.86 bits per heavy atom. The SMILES string of the molecule is COc1cccc(CN2CCCn3nc(-c4cccc(C)c4)cc3C2)c1OC. The molecule has 2 heterocycles. The van der Waals surface area contributed by atoms with E-state index in [9.17, 15) is 0 Å².